The largest absolute Gasteiger partial charge is 0.385 e. The lowest BCUT2D eigenvalue weighted by Gasteiger charge is -2.24. The molecule has 1 atom stereocenters. The molecule has 2 rings (SSSR count). The number of halogens is 1. The maximum absolute atomic E-state index is 10.5. The Hall–Kier alpha value is -0.870. The number of aliphatic hydroxyl groups is 1. The van der Waals surface area contributed by atoms with Crippen LogP contribution in [0.15, 0.2) is 54.6 Å². The zero-order chi connectivity index (χ0) is 12.3. The Morgan fingerprint density at radius 2 is 1.59 bits per heavy atom. The first-order valence-electron chi connectivity index (χ1n) is 5.60. The van der Waals surface area contributed by atoms with Gasteiger partial charge in [0.2, 0.25) is 0 Å². The van der Waals surface area contributed by atoms with Gasteiger partial charge in [-0.3, -0.25) is 0 Å². The Morgan fingerprint density at radius 1 is 1.00 bits per heavy atom. The van der Waals surface area contributed by atoms with Crippen molar-refractivity contribution in [1.82, 2.24) is 0 Å². The molecule has 2 aromatic rings. The lowest BCUT2D eigenvalue weighted by Crippen LogP contribution is -2.24. The molecule has 0 radical (unpaired) electrons. The third-order valence-corrected chi connectivity index (χ3v) is 3.58. The van der Waals surface area contributed by atoms with Crippen LogP contribution in [0.4, 0.5) is 0 Å². The molecule has 0 amide bonds. The van der Waals surface area contributed by atoms with Crippen LogP contribution in [0.2, 0.25) is 0 Å². The van der Waals surface area contributed by atoms with Gasteiger partial charge in [-0.1, -0.05) is 42.5 Å². The molecule has 0 saturated carbocycles. The van der Waals surface area contributed by atoms with E-state index in [1.807, 2.05) is 61.5 Å². The number of benzene rings is 2. The number of rotatable bonds is 3. The molecular formula is C15H15IO. The molecule has 0 bridgehead atoms. The van der Waals surface area contributed by atoms with Crippen molar-refractivity contribution in [2.24, 2.45) is 0 Å². The van der Waals surface area contributed by atoms with Gasteiger partial charge in [0.25, 0.3) is 0 Å². The van der Waals surface area contributed by atoms with Gasteiger partial charge in [-0.2, -0.15) is 0 Å². The second-order valence-corrected chi connectivity index (χ2v) is 5.69. The van der Waals surface area contributed by atoms with Crippen LogP contribution in [0.1, 0.15) is 18.1 Å². The van der Waals surface area contributed by atoms with Gasteiger partial charge < -0.3 is 5.11 Å². The Kier molecular flexibility index (Phi) is 3.84. The fourth-order valence-corrected chi connectivity index (χ4v) is 2.26. The minimum absolute atomic E-state index is 0.633. The van der Waals surface area contributed by atoms with Crippen molar-refractivity contribution in [3.63, 3.8) is 0 Å². The molecule has 0 aliphatic rings. The highest BCUT2D eigenvalue weighted by Crippen LogP contribution is 2.25. The standard InChI is InChI=1S/C15H15IO/c1-15(17,11-12-5-3-2-4-6-12)13-7-9-14(16)10-8-13/h2-10,17H,11H2,1H3. The molecule has 0 heterocycles. The monoisotopic (exact) mass is 338 g/mol. The van der Waals surface area contributed by atoms with Crippen LogP contribution in [-0.4, -0.2) is 5.11 Å². The first kappa shape index (κ1) is 12.6. The highest BCUT2D eigenvalue weighted by atomic mass is 127. The van der Waals surface area contributed by atoms with Crippen molar-refractivity contribution in [1.29, 1.82) is 0 Å². The highest BCUT2D eigenvalue weighted by Gasteiger charge is 2.23. The summed E-state index contributed by atoms with van der Waals surface area (Å²) in [5.74, 6) is 0. The molecule has 0 spiro atoms. The van der Waals surface area contributed by atoms with Gasteiger partial charge in [0.1, 0.15) is 0 Å². The van der Waals surface area contributed by atoms with E-state index in [2.05, 4.69) is 22.6 Å². The maximum Gasteiger partial charge on any atom is 0.0908 e. The van der Waals surface area contributed by atoms with Crippen molar-refractivity contribution in [2.45, 2.75) is 18.9 Å². The quantitative estimate of drug-likeness (QED) is 0.846. The molecule has 0 fully saturated rings. The molecule has 2 aromatic carbocycles. The van der Waals surface area contributed by atoms with Gasteiger partial charge in [0.05, 0.1) is 5.60 Å². The minimum atomic E-state index is -0.814. The van der Waals surface area contributed by atoms with Crippen molar-refractivity contribution < 1.29 is 5.11 Å². The molecule has 1 unspecified atom stereocenters. The summed E-state index contributed by atoms with van der Waals surface area (Å²) in [7, 11) is 0. The van der Waals surface area contributed by atoms with Gasteiger partial charge >= 0.3 is 0 Å². The molecule has 1 nitrogen and oxygen atoms in total. The smallest absolute Gasteiger partial charge is 0.0908 e. The normalized spacial score (nSPS) is 14.3. The zero-order valence-electron chi connectivity index (χ0n) is 9.73. The Labute approximate surface area is 116 Å². The van der Waals surface area contributed by atoms with Crippen LogP contribution in [0.3, 0.4) is 0 Å². The van der Waals surface area contributed by atoms with Crippen molar-refractivity contribution in [3.05, 3.63) is 69.3 Å². The van der Waals surface area contributed by atoms with Crippen LogP contribution in [0.5, 0.6) is 0 Å². The summed E-state index contributed by atoms with van der Waals surface area (Å²) in [6.07, 6.45) is 0.633. The van der Waals surface area contributed by atoms with E-state index in [1.165, 1.54) is 3.57 Å². The fraction of sp³-hybridized carbons (Fsp3) is 0.200. The molecule has 17 heavy (non-hydrogen) atoms. The van der Waals surface area contributed by atoms with E-state index >= 15 is 0 Å². The maximum atomic E-state index is 10.5. The van der Waals surface area contributed by atoms with Crippen LogP contribution in [0.25, 0.3) is 0 Å². The van der Waals surface area contributed by atoms with Crippen molar-refractivity contribution in [3.8, 4) is 0 Å². The second-order valence-electron chi connectivity index (χ2n) is 4.44. The van der Waals surface area contributed by atoms with E-state index in [9.17, 15) is 5.11 Å². The van der Waals surface area contributed by atoms with E-state index in [0.29, 0.717) is 6.42 Å². The fourth-order valence-electron chi connectivity index (χ4n) is 1.90. The van der Waals surface area contributed by atoms with Gasteiger partial charge in [0.15, 0.2) is 0 Å². The van der Waals surface area contributed by atoms with E-state index in [4.69, 9.17) is 0 Å². The summed E-state index contributed by atoms with van der Waals surface area (Å²) in [5, 5.41) is 10.5. The van der Waals surface area contributed by atoms with Crippen molar-refractivity contribution in [2.75, 3.05) is 0 Å². The van der Waals surface area contributed by atoms with Crippen molar-refractivity contribution >= 4 is 22.6 Å². The number of hydrogen-bond acceptors (Lipinski definition) is 1. The topological polar surface area (TPSA) is 20.2 Å². The summed E-state index contributed by atoms with van der Waals surface area (Å²) >= 11 is 2.27. The Balaban J connectivity index is 2.21. The summed E-state index contributed by atoms with van der Waals surface area (Å²) in [6.45, 7) is 1.86. The average molecular weight is 338 g/mol. The van der Waals surface area contributed by atoms with Crippen LogP contribution in [0, 0.1) is 3.57 Å². The third-order valence-electron chi connectivity index (χ3n) is 2.86. The Bertz CT molecular complexity index is 474. The third kappa shape index (κ3) is 3.30. The predicted molar refractivity (Wildman–Crippen MR) is 78.9 cm³/mol. The van der Waals surface area contributed by atoms with E-state index < -0.39 is 5.60 Å². The predicted octanol–water partition coefficient (Wildman–Crippen LogP) is 3.74. The molecule has 0 aliphatic heterocycles. The molecule has 0 aromatic heterocycles. The first-order chi connectivity index (χ1) is 8.08. The summed E-state index contributed by atoms with van der Waals surface area (Å²) in [4.78, 5) is 0. The average Bonchev–Trinajstić information content (AvgIpc) is 2.30. The van der Waals surface area contributed by atoms with E-state index in [0.717, 1.165) is 11.1 Å². The molecule has 0 saturated heterocycles. The number of hydrogen-bond donors (Lipinski definition) is 1. The lowest BCUT2D eigenvalue weighted by molar-refractivity contribution is 0.0576. The summed E-state index contributed by atoms with van der Waals surface area (Å²) < 4.78 is 1.18. The molecule has 0 aliphatic carbocycles. The molecule has 88 valence electrons. The minimum Gasteiger partial charge on any atom is -0.385 e. The van der Waals surface area contributed by atoms with Crippen LogP contribution >= 0.6 is 22.6 Å². The van der Waals surface area contributed by atoms with Gasteiger partial charge in [0, 0.05) is 9.99 Å². The Morgan fingerprint density at radius 3 is 2.18 bits per heavy atom. The second kappa shape index (κ2) is 5.19. The van der Waals surface area contributed by atoms with E-state index in [1.54, 1.807) is 0 Å². The van der Waals surface area contributed by atoms with Gasteiger partial charge in [-0.15, -0.1) is 0 Å². The van der Waals surface area contributed by atoms with Crippen LogP contribution in [-0.2, 0) is 12.0 Å². The zero-order valence-corrected chi connectivity index (χ0v) is 11.9. The molecule has 2 heteroatoms. The van der Waals surface area contributed by atoms with Crippen LogP contribution < -0.4 is 0 Å². The molecular weight excluding hydrogens is 323 g/mol. The lowest BCUT2D eigenvalue weighted by atomic mass is 9.89. The first-order valence-corrected chi connectivity index (χ1v) is 6.68. The molecule has 1 N–H and O–H groups in total. The summed E-state index contributed by atoms with van der Waals surface area (Å²) in [5.41, 5.74) is 1.30. The van der Waals surface area contributed by atoms with Gasteiger partial charge in [-0.05, 0) is 52.8 Å². The van der Waals surface area contributed by atoms with E-state index in [-0.39, 0.29) is 0 Å². The summed E-state index contributed by atoms with van der Waals surface area (Å²) in [6, 6.07) is 18.1. The van der Waals surface area contributed by atoms with Gasteiger partial charge in [-0.25, -0.2) is 0 Å². The highest BCUT2D eigenvalue weighted by molar-refractivity contribution is 14.1. The SMILES string of the molecule is CC(O)(Cc1ccccc1)c1ccc(I)cc1.